The molecule has 4 rings (SSSR count). The second kappa shape index (κ2) is 10.6. The maximum absolute atomic E-state index is 14.0. The molecule has 2 aromatic heterocycles. The smallest absolute Gasteiger partial charge is 0.496 e. The average Bonchev–Trinajstić information content (AvgIpc) is 3.49. The monoisotopic (exact) mass is 525 g/mol. The Labute approximate surface area is 208 Å². The number of aromatic nitrogens is 3. The van der Waals surface area contributed by atoms with Gasteiger partial charge in [-0.05, 0) is 48.7 Å². The van der Waals surface area contributed by atoms with Gasteiger partial charge in [-0.3, -0.25) is 0 Å². The van der Waals surface area contributed by atoms with Crippen LogP contribution in [-0.2, 0) is 0 Å². The van der Waals surface area contributed by atoms with E-state index in [-0.39, 0.29) is 11.8 Å². The molecule has 0 bridgehead atoms. The molecule has 2 aromatic carbocycles. The van der Waals surface area contributed by atoms with Crippen molar-refractivity contribution in [1.82, 2.24) is 15.2 Å². The summed E-state index contributed by atoms with van der Waals surface area (Å²) in [6.45, 7) is 1.73. The van der Waals surface area contributed by atoms with Gasteiger partial charge < -0.3 is 18.3 Å². The zero-order chi connectivity index (χ0) is 25.9. The fourth-order valence-corrected chi connectivity index (χ4v) is 3.81. The lowest BCUT2D eigenvalue weighted by molar-refractivity contribution is -0.275. The normalized spacial score (nSPS) is 12.5. The molecular weight excluding hydrogens is 506 g/mol. The highest BCUT2D eigenvalue weighted by molar-refractivity contribution is 6.17. The van der Waals surface area contributed by atoms with E-state index in [2.05, 4.69) is 19.9 Å². The van der Waals surface area contributed by atoms with E-state index in [0.29, 0.717) is 52.8 Å². The van der Waals surface area contributed by atoms with E-state index in [1.807, 2.05) is 0 Å². The summed E-state index contributed by atoms with van der Waals surface area (Å²) >= 11 is 5.84. The van der Waals surface area contributed by atoms with Crippen LogP contribution in [0.1, 0.15) is 36.1 Å². The Morgan fingerprint density at radius 1 is 1.06 bits per heavy atom. The number of ether oxygens (including phenoxy) is 2. The van der Waals surface area contributed by atoms with E-state index in [9.17, 15) is 17.6 Å². The first kappa shape index (κ1) is 25.5. The largest absolute Gasteiger partial charge is 0.573 e. The second-order valence-corrected chi connectivity index (χ2v) is 8.10. The first-order chi connectivity index (χ1) is 17.2. The van der Waals surface area contributed by atoms with Crippen molar-refractivity contribution in [1.29, 1.82) is 0 Å². The highest BCUT2D eigenvalue weighted by atomic mass is 35.5. The predicted octanol–water partition coefficient (Wildman–Crippen LogP) is 6.90. The Kier molecular flexibility index (Phi) is 7.48. The van der Waals surface area contributed by atoms with Crippen LogP contribution in [0.15, 0.2) is 51.4 Å². The van der Waals surface area contributed by atoms with Gasteiger partial charge in [0.05, 0.1) is 24.8 Å². The molecule has 0 saturated carbocycles. The van der Waals surface area contributed by atoms with Gasteiger partial charge in [-0.1, -0.05) is 6.07 Å². The molecule has 12 heteroatoms. The summed E-state index contributed by atoms with van der Waals surface area (Å²) < 4.78 is 72.8. The number of hydrogen-bond acceptors (Lipinski definition) is 7. The predicted molar refractivity (Wildman–Crippen MR) is 121 cm³/mol. The van der Waals surface area contributed by atoms with Crippen LogP contribution in [0, 0.1) is 12.7 Å². The molecule has 0 aliphatic rings. The second-order valence-electron chi connectivity index (χ2n) is 7.73. The Hall–Kier alpha value is -3.60. The molecular formula is C24H20ClF4N3O4. The molecule has 0 aliphatic heterocycles. The summed E-state index contributed by atoms with van der Waals surface area (Å²) in [4.78, 5) is 4.09. The molecule has 7 nitrogen and oxygen atoms in total. The Morgan fingerprint density at radius 2 is 1.86 bits per heavy atom. The number of benzene rings is 2. The van der Waals surface area contributed by atoms with Crippen molar-refractivity contribution in [3.8, 4) is 34.3 Å². The highest BCUT2D eigenvalue weighted by Crippen LogP contribution is 2.37. The number of alkyl halides is 4. The molecule has 0 amide bonds. The zero-order valence-electron chi connectivity index (χ0n) is 19.1. The van der Waals surface area contributed by atoms with Crippen molar-refractivity contribution in [2.45, 2.75) is 32.0 Å². The standard InChI is InChI=1S/C24H20ClF4N3O4/c1-13-30-12-21(34-13)17-7-5-15(11-19(17)33-2)22-31-32-23(35-22)16(4-3-9-25)14-6-8-18(26)20(10-14)36-24(27,28)29/h5-8,10-12,16H,3-4,9H2,1-2H3. The summed E-state index contributed by atoms with van der Waals surface area (Å²) in [7, 11) is 1.50. The third-order valence-corrected chi connectivity index (χ3v) is 5.55. The number of oxazole rings is 1. The fraction of sp³-hybridized carbons (Fsp3) is 0.292. The average molecular weight is 526 g/mol. The first-order valence-corrected chi connectivity index (χ1v) is 11.3. The maximum Gasteiger partial charge on any atom is 0.573 e. The van der Waals surface area contributed by atoms with Crippen LogP contribution in [0.3, 0.4) is 0 Å². The van der Waals surface area contributed by atoms with Crippen molar-refractivity contribution >= 4 is 11.6 Å². The molecule has 1 unspecified atom stereocenters. The van der Waals surface area contributed by atoms with Crippen molar-refractivity contribution in [2.24, 2.45) is 0 Å². The molecule has 0 aliphatic carbocycles. The van der Waals surface area contributed by atoms with Gasteiger partial charge in [-0.15, -0.1) is 35.0 Å². The van der Waals surface area contributed by atoms with Gasteiger partial charge in [0, 0.05) is 18.4 Å². The van der Waals surface area contributed by atoms with E-state index >= 15 is 0 Å². The molecule has 36 heavy (non-hydrogen) atoms. The van der Waals surface area contributed by atoms with E-state index < -0.39 is 23.8 Å². The molecule has 0 spiro atoms. The van der Waals surface area contributed by atoms with Gasteiger partial charge in [-0.25, -0.2) is 9.37 Å². The zero-order valence-corrected chi connectivity index (χ0v) is 19.9. The van der Waals surface area contributed by atoms with E-state index in [0.717, 1.165) is 12.1 Å². The summed E-state index contributed by atoms with van der Waals surface area (Å²) in [6.07, 6.45) is -2.60. The number of nitrogens with zero attached hydrogens (tertiary/aromatic N) is 3. The fourth-order valence-electron chi connectivity index (χ4n) is 3.66. The summed E-state index contributed by atoms with van der Waals surface area (Å²) in [6, 6.07) is 8.39. The molecule has 0 radical (unpaired) electrons. The minimum absolute atomic E-state index is 0.133. The Balaban J connectivity index is 1.67. The summed E-state index contributed by atoms with van der Waals surface area (Å²) in [5, 5.41) is 8.20. The summed E-state index contributed by atoms with van der Waals surface area (Å²) in [5.74, 6) is -0.631. The van der Waals surface area contributed by atoms with E-state index in [1.165, 1.54) is 13.2 Å². The van der Waals surface area contributed by atoms with E-state index in [4.69, 9.17) is 25.2 Å². The van der Waals surface area contributed by atoms with Crippen LogP contribution in [-0.4, -0.2) is 34.5 Å². The topological polar surface area (TPSA) is 83.4 Å². The SMILES string of the molecule is COc1cc(-c2nnc(C(CCCCl)c3ccc(F)c(OC(F)(F)F)c3)o2)ccc1-c1cnc(C)o1. The van der Waals surface area contributed by atoms with Crippen LogP contribution in [0.2, 0.25) is 0 Å². The number of methoxy groups -OCH3 is 1. The van der Waals surface area contributed by atoms with Crippen molar-refractivity contribution in [3.05, 3.63) is 65.8 Å². The van der Waals surface area contributed by atoms with E-state index in [1.54, 1.807) is 31.3 Å². The molecule has 0 saturated heterocycles. The molecule has 4 aromatic rings. The van der Waals surface area contributed by atoms with Crippen molar-refractivity contribution in [2.75, 3.05) is 13.0 Å². The minimum atomic E-state index is -5.04. The Morgan fingerprint density at radius 3 is 2.53 bits per heavy atom. The lowest BCUT2D eigenvalue weighted by Crippen LogP contribution is -2.18. The van der Waals surface area contributed by atoms with Gasteiger partial charge in [0.25, 0.3) is 0 Å². The van der Waals surface area contributed by atoms with Gasteiger partial charge in [0.15, 0.2) is 23.2 Å². The van der Waals surface area contributed by atoms with Gasteiger partial charge in [0.1, 0.15) is 5.75 Å². The lowest BCUT2D eigenvalue weighted by atomic mass is 9.94. The van der Waals surface area contributed by atoms with Crippen LogP contribution in [0.5, 0.6) is 11.5 Å². The number of rotatable bonds is 9. The van der Waals surface area contributed by atoms with Gasteiger partial charge in [0.2, 0.25) is 11.8 Å². The van der Waals surface area contributed by atoms with Crippen LogP contribution in [0.4, 0.5) is 17.6 Å². The molecule has 0 fully saturated rings. The number of hydrogen-bond donors (Lipinski definition) is 0. The van der Waals surface area contributed by atoms with Crippen LogP contribution >= 0.6 is 11.6 Å². The van der Waals surface area contributed by atoms with Crippen LogP contribution in [0.25, 0.3) is 22.8 Å². The van der Waals surface area contributed by atoms with Gasteiger partial charge in [-0.2, -0.15) is 0 Å². The Bertz CT molecular complexity index is 1340. The molecule has 0 N–H and O–H groups in total. The first-order valence-electron chi connectivity index (χ1n) is 10.7. The maximum atomic E-state index is 14.0. The highest BCUT2D eigenvalue weighted by Gasteiger charge is 2.33. The van der Waals surface area contributed by atoms with Crippen LogP contribution < -0.4 is 9.47 Å². The molecule has 1 atom stereocenters. The molecule has 2 heterocycles. The molecule has 190 valence electrons. The van der Waals surface area contributed by atoms with Crippen molar-refractivity contribution in [3.63, 3.8) is 0 Å². The quantitative estimate of drug-likeness (QED) is 0.174. The number of aryl methyl sites for hydroxylation is 1. The third kappa shape index (κ3) is 5.78. The van der Waals surface area contributed by atoms with Crippen molar-refractivity contribution < 1.29 is 35.9 Å². The van der Waals surface area contributed by atoms with Gasteiger partial charge >= 0.3 is 6.36 Å². The number of halogens is 5. The lowest BCUT2D eigenvalue weighted by Gasteiger charge is -2.16. The third-order valence-electron chi connectivity index (χ3n) is 5.28. The minimum Gasteiger partial charge on any atom is -0.496 e. The summed E-state index contributed by atoms with van der Waals surface area (Å²) in [5.41, 5.74) is 1.52.